The van der Waals surface area contributed by atoms with Gasteiger partial charge in [0.15, 0.2) is 34.5 Å². The minimum Gasteiger partial charge on any atom is -0.449 e. The molecule has 33 heteroatoms. The maximum Gasteiger partial charge on any atom is 0.308 e. The van der Waals surface area contributed by atoms with Crippen LogP contribution in [0.15, 0.2) is 66.7 Å². The number of hydrogen-bond donors (Lipinski definition) is 0. The molecule has 0 unspecified atom stereocenters. The molecule has 6 aromatic carbocycles. The van der Waals surface area contributed by atoms with Crippen LogP contribution in [0.3, 0.4) is 0 Å². The molecule has 99 heavy (non-hydrogen) atoms. The van der Waals surface area contributed by atoms with Crippen LogP contribution >= 0.6 is 0 Å². The van der Waals surface area contributed by atoms with Crippen molar-refractivity contribution in [3.63, 3.8) is 0 Å². The zero-order chi connectivity index (χ0) is 73.6. The predicted molar refractivity (Wildman–Crippen MR) is 326 cm³/mol. The lowest BCUT2D eigenvalue weighted by atomic mass is 9.99. The molecule has 518 valence electrons. The molecular formula is C66H56O33. The van der Waals surface area contributed by atoms with Crippen LogP contribution in [0, 0.1) is 0 Å². The molecule has 0 atom stereocenters. The van der Waals surface area contributed by atoms with Crippen LogP contribution < -0.4 is 85.3 Å². The summed E-state index contributed by atoms with van der Waals surface area (Å²) in [5.41, 5.74) is -2.75. The molecular weight excluding hydrogens is 1320 g/mol. The molecule has 6 rings (SSSR count). The molecule has 0 aliphatic rings. The first-order valence-corrected chi connectivity index (χ1v) is 28.3. The second-order valence-corrected chi connectivity index (χ2v) is 20.0. The van der Waals surface area contributed by atoms with Gasteiger partial charge in [-0.25, -0.2) is 0 Å². The maximum absolute atomic E-state index is 13.7. The van der Waals surface area contributed by atoms with E-state index in [1.165, 1.54) is 0 Å². The quantitative estimate of drug-likeness (QED) is 0.0425. The largest absolute Gasteiger partial charge is 0.449 e. The summed E-state index contributed by atoms with van der Waals surface area (Å²) >= 11 is 0. The molecule has 0 spiro atoms. The molecule has 0 bridgehead atoms. The molecule has 0 saturated carbocycles. The summed E-state index contributed by atoms with van der Waals surface area (Å²) in [6.45, 7) is 13.8. The maximum atomic E-state index is 13.7. The van der Waals surface area contributed by atoms with Crippen LogP contribution in [0.2, 0.25) is 0 Å². The van der Waals surface area contributed by atoms with Gasteiger partial charge in [-0.05, 0) is 0 Å². The summed E-state index contributed by atoms with van der Waals surface area (Å²) in [6.07, 6.45) is 0. The molecule has 0 amide bonds. The van der Waals surface area contributed by atoms with Crippen molar-refractivity contribution in [2.75, 3.05) is 0 Å². The monoisotopic (exact) mass is 1380 g/mol. The van der Waals surface area contributed by atoms with Crippen molar-refractivity contribution in [3.05, 3.63) is 66.7 Å². The third-order valence-corrected chi connectivity index (χ3v) is 11.2. The van der Waals surface area contributed by atoms with Crippen LogP contribution in [0.5, 0.6) is 121 Å². The average molecular weight is 1380 g/mol. The summed E-state index contributed by atoms with van der Waals surface area (Å²) in [7, 11) is 0. The van der Waals surface area contributed by atoms with Gasteiger partial charge in [-0.2, -0.15) is 0 Å². The molecule has 6 aromatic rings. The highest BCUT2D eigenvalue weighted by Crippen LogP contribution is 2.61. The van der Waals surface area contributed by atoms with Crippen LogP contribution in [-0.2, 0) is 71.9 Å². The average Bonchev–Trinajstić information content (AvgIpc) is 0.748. The van der Waals surface area contributed by atoms with Gasteiger partial charge in [0, 0.05) is 171 Å². The summed E-state index contributed by atoms with van der Waals surface area (Å²) in [4.78, 5) is 195. The van der Waals surface area contributed by atoms with Gasteiger partial charge in [0.2, 0.25) is 17.2 Å². The SMILES string of the molecule is CC(=O)Oc1cc(OC(C)=O)cc(Oc2c(OC(C)=O)cc(Oc3c(OC(C)=O)cc(Oc4c(OC(C)=O)cc(OC(C)=O)c(-c5c(OC(C)=O)cc(OC(C)=O)cc5OC(C)=O)c4OC(C)=O)cc3OC(C)=O)c(-c3c(OC(C)=O)cc(OC(C)=O)cc3OC(C)=O)c2OC(C)=O)c1. The normalized spacial score (nSPS) is 10.4. The lowest BCUT2D eigenvalue weighted by molar-refractivity contribution is -0.134. The molecule has 33 nitrogen and oxygen atoms in total. The van der Waals surface area contributed by atoms with E-state index in [9.17, 15) is 71.9 Å². The van der Waals surface area contributed by atoms with E-state index in [4.69, 9.17) is 85.3 Å². The number of ether oxygens (including phenoxy) is 18. The summed E-state index contributed by atoms with van der Waals surface area (Å²) in [6, 6.07) is 10.1. The third-order valence-electron chi connectivity index (χ3n) is 11.2. The van der Waals surface area contributed by atoms with Gasteiger partial charge >= 0.3 is 89.5 Å². The summed E-state index contributed by atoms with van der Waals surface area (Å²) in [5, 5.41) is 0. The molecule has 0 radical (unpaired) electrons. The van der Waals surface area contributed by atoms with E-state index >= 15 is 0 Å². The third kappa shape index (κ3) is 20.9. The Hall–Kier alpha value is -13.2. The summed E-state index contributed by atoms with van der Waals surface area (Å²) < 4.78 is 102. The Labute approximate surface area is 558 Å². The van der Waals surface area contributed by atoms with Gasteiger partial charge in [-0.15, -0.1) is 0 Å². The van der Waals surface area contributed by atoms with Crippen molar-refractivity contribution < 1.29 is 157 Å². The highest BCUT2D eigenvalue weighted by Gasteiger charge is 2.37. The van der Waals surface area contributed by atoms with Crippen LogP contribution in [0.1, 0.15) is 104 Å². The Bertz CT molecular complexity index is 4270. The Balaban J connectivity index is 1.87. The second-order valence-electron chi connectivity index (χ2n) is 20.0. The first-order chi connectivity index (χ1) is 46.3. The minimum atomic E-state index is -1.25. The van der Waals surface area contributed by atoms with Crippen molar-refractivity contribution in [2.45, 2.75) is 104 Å². The number of carbonyl (C=O) groups excluding carboxylic acids is 15. The number of benzene rings is 6. The fourth-order valence-electron chi connectivity index (χ4n) is 8.70. The van der Waals surface area contributed by atoms with Crippen LogP contribution in [0.4, 0.5) is 0 Å². The van der Waals surface area contributed by atoms with E-state index in [1.807, 2.05) is 0 Å². The standard InChI is InChI=1S/C66H56O33/c1-27(67)82-42-16-43(83-28(2)68)18-44(17-42)97-63-57(94-39(13)79)26-53(61(66(63)96-41(15)81)59-50(88-33(7)73)21-46(85-30(4)70)22-51(59)89-34(8)74)99-62-54(91-36(10)76)23-47(24-55(62)92-37(11)77)98-64-56(93-38(12)78)25-52(90-35(9)75)60(65(64)95-40(14)80)58-48(86-31(5)71)19-45(84-29(3)69)20-49(58)87-32(6)72/h16-26H,1-15H3. The van der Waals surface area contributed by atoms with Crippen LogP contribution in [0.25, 0.3) is 22.3 Å². The number of rotatable bonds is 23. The van der Waals surface area contributed by atoms with Gasteiger partial charge < -0.3 is 85.3 Å². The number of carbonyl (C=O) groups is 15. The molecule has 0 fully saturated rings. The number of hydrogen-bond acceptors (Lipinski definition) is 33. The topological polar surface area (TPSA) is 422 Å². The lowest BCUT2D eigenvalue weighted by Gasteiger charge is -2.25. The van der Waals surface area contributed by atoms with E-state index in [2.05, 4.69) is 0 Å². The van der Waals surface area contributed by atoms with E-state index in [0.717, 1.165) is 171 Å². The van der Waals surface area contributed by atoms with Gasteiger partial charge in [0.1, 0.15) is 69.0 Å². The predicted octanol–water partition coefficient (Wildman–Crippen LogP) is 9.28. The van der Waals surface area contributed by atoms with Crippen LogP contribution in [-0.4, -0.2) is 89.5 Å². The molecule has 0 saturated heterocycles. The number of esters is 15. The molecule has 0 heterocycles. The van der Waals surface area contributed by atoms with Crippen molar-refractivity contribution in [3.8, 4) is 143 Å². The highest BCUT2D eigenvalue weighted by atomic mass is 16.6. The molecule has 0 N–H and O–H groups in total. The van der Waals surface area contributed by atoms with Gasteiger partial charge in [0.05, 0.1) is 22.3 Å². The highest BCUT2D eigenvalue weighted by molar-refractivity contribution is 5.97. The van der Waals surface area contributed by atoms with E-state index in [1.54, 1.807) is 0 Å². The molecule has 0 aromatic heterocycles. The minimum absolute atomic E-state index is 0.336. The lowest BCUT2D eigenvalue weighted by Crippen LogP contribution is -2.13. The zero-order valence-electron chi connectivity index (χ0n) is 54.8. The van der Waals surface area contributed by atoms with Crippen molar-refractivity contribution >= 4 is 89.5 Å². The van der Waals surface area contributed by atoms with Crippen molar-refractivity contribution in [1.29, 1.82) is 0 Å². The van der Waals surface area contributed by atoms with E-state index < -0.39 is 221 Å². The van der Waals surface area contributed by atoms with Crippen molar-refractivity contribution in [1.82, 2.24) is 0 Å². The van der Waals surface area contributed by atoms with Gasteiger partial charge in [-0.3, -0.25) is 71.9 Å². The fourth-order valence-corrected chi connectivity index (χ4v) is 8.70. The molecule has 0 aliphatic heterocycles. The first-order valence-electron chi connectivity index (χ1n) is 28.3. The van der Waals surface area contributed by atoms with Gasteiger partial charge in [0.25, 0.3) is 0 Å². The van der Waals surface area contributed by atoms with E-state index in [-0.39, 0.29) is 11.5 Å². The first kappa shape index (κ1) is 74.8. The van der Waals surface area contributed by atoms with Crippen molar-refractivity contribution in [2.24, 2.45) is 0 Å². The Morgan fingerprint density at radius 3 is 0.626 bits per heavy atom. The zero-order valence-corrected chi connectivity index (χ0v) is 54.8. The summed E-state index contributed by atoms with van der Waals surface area (Å²) in [5.74, 6) is -31.5. The molecule has 0 aliphatic carbocycles. The second kappa shape index (κ2) is 32.3. The van der Waals surface area contributed by atoms with Gasteiger partial charge in [-0.1, -0.05) is 0 Å². The fraction of sp³-hybridized carbons (Fsp3) is 0.227. The Kier molecular flexibility index (Phi) is 24.4. The Morgan fingerprint density at radius 1 is 0.162 bits per heavy atom. The van der Waals surface area contributed by atoms with E-state index in [0.29, 0.717) is 0 Å². The smallest absolute Gasteiger partial charge is 0.308 e. The Morgan fingerprint density at radius 2 is 0.354 bits per heavy atom.